The minimum absolute atomic E-state index is 0.222. The summed E-state index contributed by atoms with van der Waals surface area (Å²) in [4.78, 5) is 0.222. The summed E-state index contributed by atoms with van der Waals surface area (Å²) in [5.74, 6) is -0.262. The zero-order valence-electron chi connectivity index (χ0n) is 14.2. The van der Waals surface area contributed by atoms with E-state index in [4.69, 9.17) is 0 Å². The van der Waals surface area contributed by atoms with Crippen molar-refractivity contribution in [2.24, 2.45) is 0 Å². The molecule has 26 heavy (non-hydrogen) atoms. The molecule has 0 heterocycles. The lowest BCUT2D eigenvalue weighted by Gasteiger charge is -2.11. The summed E-state index contributed by atoms with van der Waals surface area (Å²) in [5.41, 5.74) is 2.67. The lowest BCUT2D eigenvalue weighted by molar-refractivity contribution is 0.601. The Bertz CT molecular complexity index is 1000. The molecule has 0 saturated heterocycles. The number of aryl methyl sites for hydroxylation is 1. The molecule has 3 rings (SSSR count). The first-order valence-electron chi connectivity index (χ1n) is 8.11. The molecule has 0 atom stereocenters. The molecule has 0 radical (unpaired) electrons. The summed E-state index contributed by atoms with van der Waals surface area (Å²) in [6, 6.07) is 20.1. The van der Waals surface area contributed by atoms with Crippen LogP contribution in [0, 0.1) is 12.7 Å². The average Bonchev–Trinajstić information content (AvgIpc) is 2.62. The van der Waals surface area contributed by atoms with Crippen LogP contribution in [0.25, 0.3) is 0 Å². The van der Waals surface area contributed by atoms with Crippen molar-refractivity contribution in [2.45, 2.75) is 18.4 Å². The molecule has 3 aromatic rings. The van der Waals surface area contributed by atoms with E-state index in [0.29, 0.717) is 17.8 Å². The van der Waals surface area contributed by atoms with Crippen molar-refractivity contribution in [3.63, 3.8) is 0 Å². The Labute approximate surface area is 152 Å². The molecular weight excluding hydrogens is 351 g/mol. The van der Waals surface area contributed by atoms with Gasteiger partial charge in [0.1, 0.15) is 5.82 Å². The third kappa shape index (κ3) is 4.40. The van der Waals surface area contributed by atoms with Crippen LogP contribution in [0.1, 0.15) is 11.1 Å². The minimum atomic E-state index is -3.63. The fourth-order valence-corrected chi connectivity index (χ4v) is 3.65. The lowest BCUT2D eigenvalue weighted by atomic mass is 10.2. The van der Waals surface area contributed by atoms with E-state index in [-0.39, 0.29) is 10.7 Å². The Morgan fingerprint density at radius 3 is 2.27 bits per heavy atom. The number of halogens is 1. The van der Waals surface area contributed by atoms with Gasteiger partial charge in [-0.15, -0.1) is 0 Å². The number of nitrogens with one attached hydrogen (secondary N) is 2. The summed E-state index contributed by atoms with van der Waals surface area (Å²) in [7, 11) is -3.63. The van der Waals surface area contributed by atoms with Crippen molar-refractivity contribution in [3.8, 4) is 0 Å². The first-order chi connectivity index (χ1) is 12.4. The molecule has 0 fully saturated rings. The number of anilines is 2. The van der Waals surface area contributed by atoms with Gasteiger partial charge in [-0.05, 0) is 55.0 Å². The van der Waals surface area contributed by atoms with Gasteiger partial charge in [0.25, 0.3) is 10.0 Å². The molecule has 4 nitrogen and oxygen atoms in total. The first-order valence-corrected chi connectivity index (χ1v) is 9.59. The van der Waals surface area contributed by atoms with Crippen molar-refractivity contribution in [3.05, 3.63) is 89.7 Å². The van der Waals surface area contributed by atoms with Crippen molar-refractivity contribution in [1.82, 2.24) is 0 Å². The van der Waals surface area contributed by atoms with Crippen molar-refractivity contribution in [2.75, 3.05) is 10.0 Å². The van der Waals surface area contributed by atoms with E-state index in [1.54, 1.807) is 60.7 Å². The number of hydrogen-bond acceptors (Lipinski definition) is 3. The summed E-state index contributed by atoms with van der Waals surface area (Å²) in [5, 5.41) is 3.11. The van der Waals surface area contributed by atoms with Gasteiger partial charge in [0.2, 0.25) is 0 Å². The highest BCUT2D eigenvalue weighted by atomic mass is 32.2. The third-order valence-corrected chi connectivity index (χ3v) is 5.26. The van der Waals surface area contributed by atoms with E-state index in [2.05, 4.69) is 10.0 Å². The van der Waals surface area contributed by atoms with E-state index >= 15 is 0 Å². The van der Waals surface area contributed by atoms with Gasteiger partial charge in [-0.3, -0.25) is 4.72 Å². The van der Waals surface area contributed by atoms with Gasteiger partial charge in [0, 0.05) is 23.5 Å². The molecule has 0 bridgehead atoms. The number of benzene rings is 3. The van der Waals surface area contributed by atoms with Gasteiger partial charge < -0.3 is 5.32 Å². The monoisotopic (exact) mass is 370 g/mol. The quantitative estimate of drug-likeness (QED) is 0.669. The maximum Gasteiger partial charge on any atom is 0.261 e. The van der Waals surface area contributed by atoms with Crippen molar-refractivity contribution >= 4 is 21.4 Å². The molecule has 134 valence electrons. The van der Waals surface area contributed by atoms with E-state index in [1.165, 1.54) is 6.07 Å². The standard InChI is InChI=1S/C20H19FN2O2S/c1-15-5-4-7-19(13-15)26(24,25)23-18-11-9-17(10-12-18)22-14-16-6-2-3-8-20(16)21/h2-13,22-23H,14H2,1H3. The summed E-state index contributed by atoms with van der Waals surface area (Å²) in [6.45, 7) is 2.19. The smallest absolute Gasteiger partial charge is 0.261 e. The second kappa shape index (κ2) is 7.58. The fraction of sp³-hybridized carbons (Fsp3) is 0.100. The minimum Gasteiger partial charge on any atom is -0.381 e. The predicted octanol–water partition coefficient (Wildman–Crippen LogP) is 4.55. The molecule has 0 amide bonds. The Balaban J connectivity index is 1.67. The molecule has 0 aromatic heterocycles. The summed E-state index contributed by atoms with van der Waals surface area (Å²) in [6.07, 6.45) is 0. The van der Waals surface area contributed by atoms with E-state index in [0.717, 1.165) is 11.3 Å². The molecule has 0 aliphatic carbocycles. The lowest BCUT2D eigenvalue weighted by Crippen LogP contribution is -2.13. The number of hydrogen-bond donors (Lipinski definition) is 2. The Kier molecular flexibility index (Phi) is 5.23. The van der Waals surface area contributed by atoms with E-state index in [1.807, 2.05) is 13.0 Å². The highest BCUT2D eigenvalue weighted by molar-refractivity contribution is 7.92. The molecule has 0 aliphatic rings. The van der Waals surface area contributed by atoms with Crippen LogP contribution in [0.4, 0.5) is 15.8 Å². The highest BCUT2D eigenvalue weighted by Gasteiger charge is 2.14. The van der Waals surface area contributed by atoms with Gasteiger partial charge in [0.15, 0.2) is 0 Å². The molecule has 6 heteroatoms. The van der Waals surface area contributed by atoms with Crippen LogP contribution in [0.15, 0.2) is 77.7 Å². The molecule has 0 aliphatic heterocycles. The van der Waals surface area contributed by atoms with Crippen molar-refractivity contribution in [1.29, 1.82) is 0 Å². The largest absolute Gasteiger partial charge is 0.381 e. The van der Waals surface area contributed by atoms with E-state index < -0.39 is 10.0 Å². The van der Waals surface area contributed by atoms with Crippen LogP contribution in [-0.4, -0.2) is 8.42 Å². The third-order valence-electron chi connectivity index (χ3n) is 3.88. The van der Waals surface area contributed by atoms with Crippen LogP contribution in [-0.2, 0) is 16.6 Å². The predicted molar refractivity (Wildman–Crippen MR) is 102 cm³/mol. The summed E-state index contributed by atoms with van der Waals surface area (Å²) >= 11 is 0. The van der Waals surface area contributed by atoms with Crippen LogP contribution in [0.3, 0.4) is 0 Å². The Hall–Kier alpha value is -2.86. The molecule has 0 unspecified atom stereocenters. The Morgan fingerprint density at radius 1 is 0.885 bits per heavy atom. The average molecular weight is 370 g/mol. The van der Waals surface area contributed by atoms with Crippen LogP contribution >= 0.6 is 0 Å². The van der Waals surface area contributed by atoms with Gasteiger partial charge in [-0.25, -0.2) is 12.8 Å². The second-order valence-corrected chi connectivity index (χ2v) is 7.63. The fourth-order valence-electron chi connectivity index (χ4n) is 2.49. The molecular formula is C20H19FN2O2S. The molecule has 2 N–H and O–H groups in total. The zero-order valence-corrected chi connectivity index (χ0v) is 15.1. The maximum atomic E-state index is 13.6. The molecule has 3 aromatic carbocycles. The van der Waals surface area contributed by atoms with Gasteiger partial charge in [-0.2, -0.15) is 0 Å². The number of rotatable bonds is 6. The first kappa shape index (κ1) is 17.9. The second-order valence-electron chi connectivity index (χ2n) is 5.94. The number of sulfonamides is 1. The molecule has 0 spiro atoms. The zero-order chi connectivity index (χ0) is 18.6. The van der Waals surface area contributed by atoms with Gasteiger partial charge in [0.05, 0.1) is 4.90 Å². The molecule has 0 saturated carbocycles. The van der Waals surface area contributed by atoms with Crippen LogP contribution < -0.4 is 10.0 Å². The summed E-state index contributed by atoms with van der Waals surface area (Å²) < 4.78 is 41.0. The van der Waals surface area contributed by atoms with Gasteiger partial charge in [-0.1, -0.05) is 30.3 Å². The maximum absolute atomic E-state index is 13.6. The Morgan fingerprint density at radius 2 is 1.58 bits per heavy atom. The van der Waals surface area contributed by atoms with Crippen LogP contribution in [0.2, 0.25) is 0 Å². The normalized spacial score (nSPS) is 11.2. The van der Waals surface area contributed by atoms with Crippen LogP contribution in [0.5, 0.6) is 0 Å². The van der Waals surface area contributed by atoms with Crippen molar-refractivity contribution < 1.29 is 12.8 Å². The topological polar surface area (TPSA) is 58.2 Å². The van der Waals surface area contributed by atoms with Gasteiger partial charge >= 0.3 is 0 Å². The van der Waals surface area contributed by atoms with E-state index in [9.17, 15) is 12.8 Å². The highest BCUT2D eigenvalue weighted by Crippen LogP contribution is 2.19. The SMILES string of the molecule is Cc1cccc(S(=O)(=O)Nc2ccc(NCc3ccccc3F)cc2)c1.